The van der Waals surface area contributed by atoms with Gasteiger partial charge in [0.2, 0.25) is 0 Å². The fourth-order valence-electron chi connectivity index (χ4n) is 2.00. The summed E-state index contributed by atoms with van der Waals surface area (Å²) in [6, 6.07) is 7.94. The summed E-state index contributed by atoms with van der Waals surface area (Å²) < 4.78 is 6.29. The number of ether oxygens (including phenoxy) is 1. The number of aryl methyl sites for hydroxylation is 1. The maximum atomic E-state index is 5.37. The summed E-state index contributed by atoms with van der Waals surface area (Å²) >= 11 is 3.52. The number of hydrogen-bond donors (Lipinski definition) is 1. The SMILES string of the molecule is CCNc1nc(Cc2ccccc2OC)nc(C)c1Br. The second-order valence-corrected chi connectivity index (χ2v) is 5.20. The van der Waals surface area contributed by atoms with Crippen LogP contribution in [0.1, 0.15) is 24.0 Å². The number of nitrogens with zero attached hydrogens (tertiary/aromatic N) is 2. The van der Waals surface area contributed by atoms with E-state index in [1.54, 1.807) is 7.11 Å². The molecule has 0 amide bonds. The van der Waals surface area contributed by atoms with Gasteiger partial charge < -0.3 is 10.1 Å². The van der Waals surface area contributed by atoms with Gasteiger partial charge in [0.1, 0.15) is 17.4 Å². The number of nitrogens with one attached hydrogen (secondary N) is 1. The first-order valence-corrected chi connectivity index (χ1v) is 7.33. The van der Waals surface area contributed by atoms with Crippen molar-refractivity contribution < 1.29 is 4.74 Å². The largest absolute Gasteiger partial charge is 0.496 e. The Morgan fingerprint density at radius 2 is 2.00 bits per heavy atom. The molecule has 0 unspecified atom stereocenters. The molecule has 20 heavy (non-hydrogen) atoms. The highest BCUT2D eigenvalue weighted by atomic mass is 79.9. The molecule has 0 aliphatic rings. The van der Waals surface area contributed by atoms with E-state index in [0.29, 0.717) is 6.42 Å². The van der Waals surface area contributed by atoms with Crippen LogP contribution < -0.4 is 10.1 Å². The monoisotopic (exact) mass is 335 g/mol. The van der Waals surface area contributed by atoms with Crippen molar-refractivity contribution in [1.29, 1.82) is 0 Å². The van der Waals surface area contributed by atoms with Gasteiger partial charge in [-0.1, -0.05) is 18.2 Å². The van der Waals surface area contributed by atoms with Gasteiger partial charge in [-0.2, -0.15) is 0 Å². The summed E-state index contributed by atoms with van der Waals surface area (Å²) in [5.41, 5.74) is 2.01. The van der Waals surface area contributed by atoms with E-state index < -0.39 is 0 Å². The van der Waals surface area contributed by atoms with E-state index in [1.165, 1.54) is 0 Å². The number of methoxy groups -OCH3 is 1. The minimum absolute atomic E-state index is 0.649. The van der Waals surface area contributed by atoms with Crippen molar-refractivity contribution in [2.45, 2.75) is 20.3 Å². The second-order valence-electron chi connectivity index (χ2n) is 4.41. The molecule has 0 bridgehead atoms. The highest BCUT2D eigenvalue weighted by molar-refractivity contribution is 9.10. The normalized spacial score (nSPS) is 10.4. The van der Waals surface area contributed by atoms with Crippen LogP contribution in [0.25, 0.3) is 0 Å². The molecule has 1 aromatic carbocycles. The number of aromatic nitrogens is 2. The molecule has 0 saturated carbocycles. The van der Waals surface area contributed by atoms with E-state index in [1.807, 2.05) is 38.1 Å². The first kappa shape index (κ1) is 14.8. The maximum Gasteiger partial charge on any atom is 0.144 e. The average Bonchev–Trinajstić information content (AvgIpc) is 2.45. The predicted molar refractivity (Wildman–Crippen MR) is 84.4 cm³/mol. The molecular formula is C15H18BrN3O. The molecule has 0 aliphatic carbocycles. The lowest BCUT2D eigenvalue weighted by Gasteiger charge is -2.11. The van der Waals surface area contributed by atoms with Gasteiger partial charge in [0.15, 0.2) is 0 Å². The fraction of sp³-hybridized carbons (Fsp3) is 0.333. The molecule has 4 nitrogen and oxygen atoms in total. The molecule has 2 rings (SSSR count). The van der Waals surface area contributed by atoms with Crippen molar-refractivity contribution in [2.24, 2.45) is 0 Å². The molecule has 106 valence electrons. The molecule has 5 heteroatoms. The maximum absolute atomic E-state index is 5.37. The number of rotatable bonds is 5. The van der Waals surface area contributed by atoms with Gasteiger partial charge in [-0.15, -0.1) is 0 Å². The smallest absolute Gasteiger partial charge is 0.144 e. The molecule has 0 aliphatic heterocycles. The van der Waals surface area contributed by atoms with Crippen molar-refractivity contribution in [3.8, 4) is 5.75 Å². The third-order valence-electron chi connectivity index (χ3n) is 2.95. The quantitative estimate of drug-likeness (QED) is 0.907. The Morgan fingerprint density at radius 1 is 1.25 bits per heavy atom. The van der Waals surface area contributed by atoms with Crippen LogP contribution in [0.5, 0.6) is 5.75 Å². The van der Waals surface area contributed by atoms with Crippen LogP contribution in [-0.2, 0) is 6.42 Å². The number of benzene rings is 1. The standard InChI is InChI=1S/C15H18BrN3O/c1-4-17-15-14(16)10(2)18-13(19-15)9-11-7-5-6-8-12(11)20-3/h5-8H,4,9H2,1-3H3,(H,17,18,19). The Morgan fingerprint density at radius 3 is 2.70 bits per heavy atom. The molecular weight excluding hydrogens is 318 g/mol. The first-order valence-electron chi connectivity index (χ1n) is 6.54. The topological polar surface area (TPSA) is 47.0 Å². The molecule has 2 aromatic rings. The van der Waals surface area contributed by atoms with E-state index >= 15 is 0 Å². The fourth-order valence-corrected chi connectivity index (χ4v) is 2.32. The van der Waals surface area contributed by atoms with Crippen LogP contribution in [0.2, 0.25) is 0 Å². The third-order valence-corrected chi connectivity index (χ3v) is 3.90. The average molecular weight is 336 g/mol. The van der Waals surface area contributed by atoms with E-state index in [0.717, 1.165) is 39.7 Å². The van der Waals surface area contributed by atoms with E-state index in [-0.39, 0.29) is 0 Å². The second kappa shape index (κ2) is 6.70. The van der Waals surface area contributed by atoms with Crippen LogP contribution in [-0.4, -0.2) is 23.6 Å². The number of anilines is 1. The van der Waals surface area contributed by atoms with Crippen molar-refractivity contribution >= 4 is 21.7 Å². The minimum Gasteiger partial charge on any atom is -0.496 e. The van der Waals surface area contributed by atoms with Crippen LogP contribution in [0.3, 0.4) is 0 Å². The lowest BCUT2D eigenvalue weighted by Crippen LogP contribution is -2.07. The molecule has 1 aromatic heterocycles. The van der Waals surface area contributed by atoms with E-state index in [2.05, 4.69) is 31.2 Å². The predicted octanol–water partition coefficient (Wildman–Crippen LogP) is 3.58. The highest BCUT2D eigenvalue weighted by Crippen LogP contribution is 2.25. The van der Waals surface area contributed by atoms with Gasteiger partial charge in [0, 0.05) is 18.5 Å². The zero-order valence-corrected chi connectivity index (χ0v) is 13.5. The summed E-state index contributed by atoms with van der Waals surface area (Å²) in [6.45, 7) is 4.84. The molecule has 1 heterocycles. The lowest BCUT2D eigenvalue weighted by molar-refractivity contribution is 0.410. The summed E-state index contributed by atoms with van der Waals surface area (Å²) in [4.78, 5) is 9.10. The highest BCUT2D eigenvalue weighted by Gasteiger charge is 2.11. The first-order chi connectivity index (χ1) is 9.65. The Bertz CT molecular complexity index is 602. The van der Waals surface area contributed by atoms with Gasteiger partial charge in [-0.25, -0.2) is 9.97 Å². The van der Waals surface area contributed by atoms with E-state index in [4.69, 9.17) is 4.74 Å². The Balaban J connectivity index is 2.34. The molecule has 1 N–H and O–H groups in total. The molecule has 0 atom stereocenters. The van der Waals surface area contributed by atoms with Gasteiger partial charge in [0.25, 0.3) is 0 Å². The van der Waals surface area contributed by atoms with Crippen LogP contribution >= 0.6 is 15.9 Å². The summed E-state index contributed by atoms with van der Waals surface area (Å²) in [5, 5.41) is 3.24. The third kappa shape index (κ3) is 3.28. The van der Waals surface area contributed by atoms with Gasteiger partial charge >= 0.3 is 0 Å². The zero-order valence-electron chi connectivity index (χ0n) is 11.9. The van der Waals surface area contributed by atoms with E-state index in [9.17, 15) is 0 Å². The Labute approximate surface area is 127 Å². The minimum atomic E-state index is 0.649. The molecule has 0 spiro atoms. The van der Waals surface area contributed by atoms with Crippen LogP contribution in [0.15, 0.2) is 28.7 Å². The number of hydrogen-bond acceptors (Lipinski definition) is 4. The lowest BCUT2D eigenvalue weighted by atomic mass is 10.1. The van der Waals surface area contributed by atoms with Crippen molar-refractivity contribution in [3.05, 3.63) is 45.8 Å². The van der Waals surface area contributed by atoms with Crippen LogP contribution in [0.4, 0.5) is 5.82 Å². The van der Waals surface area contributed by atoms with Crippen LogP contribution in [0, 0.1) is 6.92 Å². The molecule has 0 saturated heterocycles. The Hall–Kier alpha value is -1.62. The number of halogens is 1. The molecule has 0 fully saturated rings. The van der Waals surface area contributed by atoms with Gasteiger partial charge in [-0.3, -0.25) is 0 Å². The molecule has 0 radical (unpaired) electrons. The number of para-hydroxylation sites is 1. The van der Waals surface area contributed by atoms with Gasteiger partial charge in [0.05, 0.1) is 17.3 Å². The Kier molecular flexibility index (Phi) is 4.95. The zero-order chi connectivity index (χ0) is 14.5. The van der Waals surface area contributed by atoms with Crippen molar-refractivity contribution in [3.63, 3.8) is 0 Å². The summed E-state index contributed by atoms with van der Waals surface area (Å²) in [7, 11) is 1.68. The summed E-state index contributed by atoms with van der Waals surface area (Å²) in [5.74, 6) is 2.48. The summed E-state index contributed by atoms with van der Waals surface area (Å²) in [6.07, 6.45) is 0.649. The van der Waals surface area contributed by atoms with Gasteiger partial charge in [-0.05, 0) is 35.8 Å². The van der Waals surface area contributed by atoms with Crippen molar-refractivity contribution in [1.82, 2.24) is 9.97 Å². The van der Waals surface area contributed by atoms with Crippen molar-refractivity contribution in [2.75, 3.05) is 19.0 Å².